The van der Waals surface area contributed by atoms with Gasteiger partial charge in [0, 0.05) is 28.8 Å². The van der Waals surface area contributed by atoms with E-state index in [1.807, 2.05) is 35.9 Å². The van der Waals surface area contributed by atoms with Crippen LogP contribution in [0, 0.1) is 6.92 Å². The molecule has 0 spiro atoms. The van der Waals surface area contributed by atoms with Crippen LogP contribution < -0.4 is 10.1 Å². The summed E-state index contributed by atoms with van der Waals surface area (Å²) < 4.78 is 8.71. The first-order valence-electron chi connectivity index (χ1n) is 7.19. The van der Waals surface area contributed by atoms with Crippen LogP contribution in [0.4, 0.5) is 0 Å². The Hall–Kier alpha value is -1.33. The van der Waals surface area contributed by atoms with Gasteiger partial charge >= 0.3 is 0 Å². The molecule has 4 nitrogen and oxygen atoms in total. The van der Waals surface area contributed by atoms with Crippen molar-refractivity contribution in [2.24, 2.45) is 0 Å². The van der Waals surface area contributed by atoms with Gasteiger partial charge in [-0.3, -0.25) is 4.68 Å². The second kappa shape index (κ2) is 7.61. The minimum absolute atomic E-state index is 0.479. The van der Waals surface area contributed by atoms with Gasteiger partial charge in [0.15, 0.2) is 0 Å². The first-order chi connectivity index (χ1) is 10.0. The van der Waals surface area contributed by atoms with Crippen molar-refractivity contribution in [3.05, 3.63) is 46.2 Å². The Morgan fingerprint density at radius 1 is 1.38 bits per heavy atom. The molecule has 0 saturated heterocycles. The van der Waals surface area contributed by atoms with Crippen LogP contribution in [-0.2, 0) is 13.1 Å². The summed E-state index contributed by atoms with van der Waals surface area (Å²) in [6.45, 7) is 8.54. The number of halogens is 1. The molecule has 1 aromatic carbocycles. The molecule has 0 saturated carbocycles. The Morgan fingerprint density at radius 3 is 2.90 bits per heavy atom. The Balaban J connectivity index is 1.84. The van der Waals surface area contributed by atoms with Gasteiger partial charge < -0.3 is 10.1 Å². The third kappa shape index (κ3) is 5.17. The molecule has 5 heteroatoms. The summed E-state index contributed by atoms with van der Waals surface area (Å²) >= 11 is 3.44. The second-order valence-corrected chi connectivity index (χ2v) is 6.26. The van der Waals surface area contributed by atoms with Crippen LogP contribution in [0.1, 0.15) is 25.1 Å². The number of nitrogens with zero attached hydrogens (tertiary/aromatic N) is 2. The molecule has 0 amide bonds. The van der Waals surface area contributed by atoms with Crippen molar-refractivity contribution < 1.29 is 4.74 Å². The molecule has 1 aromatic heterocycles. The average molecular weight is 352 g/mol. The largest absolute Gasteiger partial charge is 0.492 e. The third-order valence-electron chi connectivity index (χ3n) is 3.13. The fourth-order valence-corrected chi connectivity index (χ4v) is 2.35. The molecule has 1 N–H and O–H groups in total. The predicted molar refractivity (Wildman–Crippen MR) is 88.6 cm³/mol. The van der Waals surface area contributed by atoms with Crippen LogP contribution in [0.2, 0.25) is 0 Å². The number of nitrogens with one attached hydrogen (secondary N) is 1. The van der Waals surface area contributed by atoms with Gasteiger partial charge in [0.2, 0.25) is 0 Å². The zero-order chi connectivity index (χ0) is 15.2. The zero-order valence-electron chi connectivity index (χ0n) is 12.8. The van der Waals surface area contributed by atoms with E-state index in [1.54, 1.807) is 0 Å². The van der Waals surface area contributed by atoms with Gasteiger partial charge in [0.25, 0.3) is 0 Å². The summed E-state index contributed by atoms with van der Waals surface area (Å²) in [5.41, 5.74) is 2.32. The highest BCUT2D eigenvalue weighted by molar-refractivity contribution is 9.10. The fraction of sp³-hybridized carbons (Fsp3) is 0.438. The van der Waals surface area contributed by atoms with E-state index in [4.69, 9.17) is 4.74 Å². The van der Waals surface area contributed by atoms with Crippen LogP contribution in [0.5, 0.6) is 5.75 Å². The fourth-order valence-electron chi connectivity index (χ4n) is 1.98. The predicted octanol–water partition coefficient (Wildman–Crippen LogP) is 3.53. The second-order valence-electron chi connectivity index (χ2n) is 5.34. The van der Waals surface area contributed by atoms with E-state index in [0.29, 0.717) is 12.6 Å². The molecule has 0 aliphatic rings. The quantitative estimate of drug-likeness (QED) is 0.829. The van der Waals surface area contributed by atoms with Crippen molar-refractivity contribution in [2.75, 3.05) is 6.61 Å². The Morgan fingerprint density at radius 2 is 2.19 bits per heavy atom. The average Bonchev–Trinajstić information content (AvgIpc) is 2.77. The van der Waals surface area contributed by atoms with Gasteiger partial charge in [-0.05, 0) is 25.1 Å². The van der Waals surface area contributed by atoms with E-state index in [9.17, 15) is 0 Å². The lowest BCUT2D eigenvalue weighted by Gasteiger charge is -2.07. The van der Waals surface area contributed by atoms with Gasteiger partial charge in [-0.1, -0.05) is 35.8 Å². The van der Waals surface area contributed by atoms with E-state index in [1.165, 1.54) is 5.56 Å². The topological polar surface area (TPSA) is 39.1 Å². The number of hydrogen-bond donors (Lipinski definition) is 1. The highest BCUT2D eigenvalue weighted by Gasteiger charge is 2.05. The van der Waals surface area contributed by atoms with E-state index in [2.05, 4.69) is 46.4 Å². The number of aryl methyl sites for hydroxylation is 1. The summed E-state index contributed by atoms with van der Waals surface area (Å²) in [6.07, 6.45) is 2.09. The van der Waals surface area contributed by atoms with Crippen molar-refractivity contribution in [3.63, 3.8) is 0 Å². The molecule has 0 radical (unpaired) electrons. The first kappa shape index (κ1) is 16.0. The van der Waals surface area contributed by atoms with Crippen molar-refractivity contribution >= 4 is 15.9 Å². The molecule has 0 aliphatic carbocycles. The number of ether oxygens (including phenoxy) is 1. The molecule has 0 unspecified atom stereocenters. The third-order valence-corrected chi connectivity index (χ3v) is 3.63. The Kier molecular flexibility index (Phi) is 5.82. The monoisotopic (exact) mass is 351 g/mol. The molecule has 114 valence electrons. The van der Waals surface area contributed by atoms with Crippen LogP contribution in [0.25, 0.3) is 0 Å². The zero-order valence-corrected chi connectivity index (χ0v) is 14.4. The van der Waals surface area contributed by atoms with Gasteiger partial charge in [0.05, 0.1) is 12.2 Å². The van der Waals surface area contributed by atoms with Crippen LogP contribution in [0.15, 0.2) is 34.9 Å². The lowest BCUT2D eigenvalue weighted by molar-refractivity contribution is 0.291. The summed E-state index contributed by atoms with van der Waals surface area (Å²) in [4.78, 5) is 0. The normalized spacial score (nSPS) is 11.1. The first-order valence-corrected chi connectivity index (χ1v) is 7.98. The summed E-state index contributed by atoms with van der Waals surface area (Å²) in [5.74, 6) is 0.870. The van der Waals surface area contributed by atoms with Crippen molar-refractivity contribution in [3.8, 4) is 5.75 Å². The molecule has 2 aromatic rings. The van der Waals surface area contributed by atoms with E-state index >= 15 is 0 Å². The highest BCUT2D eigenvalue weighted by Crippen LogP contribution is 2.17. The molecule has 21 heavy (non-hydrogen) atoms. The molecule has 0 atom stereocenters. The molecule has 0 aliphatic heterocycles. The maximum atomic E-state index is 5.73. The summed E-state index contributed by atoms with van der Waals surface area (Å²) in [6, 6.07) is 8.35. The van der Waals surface area contributed by atoms with Gasteiger partial charge in [-0.2, -0.15) is 5.10 Å². The van der Waals surface area contributed by atoms with E-state index in [0.717, 1.165) is 29.0 Å². The van der Waals surface area contributed by atoms with Crippen LogP contribution >= 0.6 is 15.9 Å². The van der Waals surface area contributed by atoms with Gasteiger partial charge in [-0.25, -0.2) is 0 Å². The van der Waals surface area contributed by atoms with Crippen molar-refractivity contribution in [2.45, 2.75) is 39.9 Å². The standard InChI is InChI=1S/C16H22BrN3O/c1-12(2)18-10-14-11-20(19-13(14)3)7-8-21-16-6-4-5-15(17)9-16/h4-6,9,11-12,18H,7-8,10H2,1-3H3. The van der Waals surface area contributed by atoms with Crippen LogP contribution in [-0.4, -0.2) is 22.4 Å². The van der Waals surface area contributed by atoms with E-state index < -0.39 is 0 Å². The van der Waals surface area contributed by atoms with Crippen molar-refractivity contribution in [1.82, 2.24) is 15.1 Å². The molecule has 2 rings (SSSR count). The number of benzene rings is 1. The minimum Gasteiger partial charge on any atom is -0.492 e. The highest BCUT2D eigenvalue weighted by atomic mass is 79.9. The molecule has 1 heterocycles. The number of rotatable bonds is 7. The number of aromatic nitrogens is 2. The number of hydrogen-bond acceptors (Lipinski definition) is 3. The van der Waals surface area contributed by atoms with Gasteiger partial charge in [0.1, 0.15) is 12.4 Å². The SMILES string of the molecule is Cc1nn(CCOc2cccc(Br)c2)cc1CNC(C)C. The molecular formula is C16H22BrN3O. The molecule has 0 fully saturated rings. The summed E-state index contributed by atoms with van der Waals surface area (Å²) in [5, 5.41) is 7.94. The summed E-state index contributed by atoms with van der Waals surface area (Å²) in [7, 11) is 0. The van der Waals surface area contributed by atoms with Crippen molar-refractivity contribution in [1.29, 1.82) is 0 Å². The lowest BCUT2D eigenvalue weighted by atomic mass is 10.2. The Labute approximate surface area is 134 Å². The smallest absolute Gasteiger partial charge is 0.120 e. The minimum atomic E-state index is 0.479. The molecular weight excluding hydrogens is 330 g/mol. The van der Waals surface area contributed by atoms with Crippen LogP contribution in [0.3, 0.4) is 0 Å². The Bertz CT molecular complexity index is 581. The maximum absolute atomic E-state index is 5.73. The van der Waals surface area contributed by atoms with E-state index in [-0.39, 0.29) is 0 Å². The van der Waals surface area contributed by atoms with Gasteiger partial charge in [-0.15, -0.1) is 0 Å². The lowest BCUT2D eigenvalue weighted by Crippen LogP contribution is -2.21. The molecule has 0 bridgehead atoms. The maximum Gasteiger partial charge on any atom is 0.120 e.